The van der Waals surface area contributed by atoms with Gasteiger partial charge in [0.2, 0.25) is 0 Å². The van der Waals surface area contributed by atoms with Crippen LogP contribution in [0.3, 0.4) is 0 Å². The number of ether oxygens (including phenoxy) is 2. The van der Waals surface area contributed by atoms with E-state index in [0.29, 0.717) is 30.8 Å². The molecule has 1 aliphatic carbocycles. The number of carbonyl (C=O) groups excluding carboxylic acids is 2. The molecule has 132 valence electrons. The summed E-state index contributed by atoms with van der Waals surface area (Å²) in [6.45, 7) is 10.4. The molecule has 0 aliphatic heterocycles. The molecule has 0 aromatic carbocycles. The lowest BCUT2D eigenvalue weighted by Gasteiger charge is -2.28. The van der Waals surface area contributed by atoms with E-state index in [-0.39, 0.29) is 23.3 Å². The fourth-order valence-electron chi connectivity index (χ4n) is 3.16. The van der Waals surface area contributed by atoms with E-state index in [1.54, 1.807) is 13.8 Å². The number of carbonyl (C=O) groups is 2. The molecular weight excluding hydrogens is 292 g/mol. The normalized spacial score (nSPS) is 17.4. The van der Waals surface area contributed by atoms with Crippen molar-refractivity contribution in [1.82, 2.24) is 0 Å². The van der Waals surface area contributed by atoms with Gasteiger partial charge in [0, 0.05) is 5.57 Å². The summed E-state index contributed by atoms with van der Waals surface area (Å²) in [5, 5.41) is 0. The van der Waals surface area contributed by atoms with Crippen LogP contribution in [0, 0.1) is 11.3 Å². The molecular formula is C19H32O4. The fourth-order valence-corrected chi connectivity index (χ4v) is 3.16. The Bertz CT molecular complexity index is 437. The van der Waals surface area contributed by atoms with Crippen molar-refractivity contribution in [3.63, 3.8) is 0 Å². The predicted molar refractivity (Wildman–Crippen MR) is 90.9 cm³/mol. The standard InChI is InChI=1S/C19H32O4/c1-6-22-17(20)15(13-19(3,4)5)16(18(21)23-7-2)14-11-9-8-10-12-14/h14H,6-13H2,1-5H3. The van der Waals surface area contributed by atoms with Crippen LogP contribution in [0.1, 0.15) is 73.1 Å². The van der Waals surface area contributed by atoms with E-state index in [1.165, 1.54) is 6.42 Å². The summed E-state index contributed by atoms with van der Waals surface area (Å²) in [6, 6.07) is 0. The highest BCUT2D eigenvalue weighted by atomic mass is 16.5. The first-order chi connectivity index (χ1) is 10.8. The van der Waals surface area contributed by atoms with Gasteiger partial charge < -0.3 is 9.47 Å². The van der Waals surface area contributed by atoms with Crippen molar-refractivity contribution in [3.05, 3.63) is 11.1 Å². The topological polar surface area (TPSA) is 52.6 Å². The van der Waals surface area contributed by atoms with Crippen LogP contribution in [0.2, 0.25) is 0 Å². The summed E-state index contributed by atoms with van der Waals surface area (Å²) >= 11 is 0. The van der Waals surface area contributed by atoms with Crippen molar-refractivity contribution in [2.45, 2.75) is 73.1 Å². The van der Waals surface area contributed by atoms with Crippen LogP contribution in [-0.2, 0) is 19.1 Å². The van der Waals surface area contributed by atoms with Gasteiger partial charge in [0.15, 0.2) is 0 Å². The highest BCUT2D eigenvalue weighted by Gasteiger charge is 2.32. The van der Waals surface area contributed by atoms with Gasteiger partial charge in [-0.3, -0.25) is 0 Å². The molecule has 0 bridgehead atoms. The van der Waals surface area contributed by atoms with Crippen LogP contribution in [0.4, 0.5) is 0 Å². The summed E-state index contributed by atoms with van der Waals surface area (Å²) in [5.74, 6) is -0.590. The minimum Gasteiger partial charge on any atom is -0.463 e. The first-order valence-corrected chi connectivity index (χ1v) is 8.87. The number of esters is 2. The molecule has 0 saturated heterocycles. The Kier molecular flexibility index (Phi) is 7.80. The Morgan fingerprint density at radius 2 is 1.43 bits per heavy atom. The Hall–Kier alpha value is -1.32. The smallest absolute Gasteiger partial charge is 0.334 e. The Morgan fingerprint density at radius 3 is 1.91 bits per heavy atom. The predicted octanol–water partition coefficient (Wildman–Crippen LogP) is 4.43. The lowest BCUT2D eigenvalue weighted by Crippen LogP contribution is -2.26. The Labute approximate surface area is 140 Å². The zero-order valence-electron chi connectivity index (χ0n) is 15.4. The van der Waals surface area contributed by atoms with Gasteiger partial charge in [-0.2, -0.15) is 0 Å². The summed E-state index contributed by atoms with van der Waals surface area (Å²) < 4.78 is 10.5. The van der Waals surface area contributed by atoms with Crippen LogP contribution in [0.15, 0.2) is 11.1 Å². The van der Waals surface area contributed by atoms with Crippen LogP contribution >= 0.6 is 0 Å². The van der Waals surface area contributed by atoms with Gasteiger partial charge >= 0.3 is 11.9 Å². The van der Waals surface area contributed by atoms with Crippen molar-refractivity contribution in [2.75, 3.05) is 13.2 Å². The lowest BCUT2D eigenvalue weighted by atomic mass is 9.78. The van der Waals surface area contributed by atoms with E-state index in [9.17, 15) is 9.59 Å². The Morgan fingerprint density at radius 1 is 0.913 bits per heavy atom. The molecule has 1 aliphatic rings. The summed E-state index contributed by atoms with van der Waals surface area (Å²) in [4.78, 5) is 25.1. The van der Waals surface area contributed by atoms with Gasteiger partial charge in [-0.25, -0.2) is 9.59 Å². The Balaban J connectivity index is 3.30. The molecule has 1 saturated carbocycles. The molecule has 0 atom stereocenters. The maximum absolute atomic E-state index is 12.6. The number of rotatable bonds is 6. The molecule has 0 spiro atoms. The minimum absolute atomic E-state index is 0.103. The van der Waals surface area contributed by atoms with Crippen LogP contribution in [0.25, 0.3) is 0 Å². The summed E-state index contributed by atoms with van der Waals surface area (Å²) in [7, 11) is 0. The molecule has 1 fully saturated rings. The van der Waals surface area contributed by atoms with Crippen LogP contribution < -0.4 is 0 Å². The fraction of sp³-hybridized carbons (Fsp3) is 0.789. The highest BCUT2D eigenvalue weighted by molar-refractivity contribution is 6.00. The maximum atomic E-state index is 12.6. The second-order valence-electron chi connectivity index (χ2n) is 7.41. The quantitative estimate of drug-likeness (QED) is 0.536. The summed E-state index contributed by atoms with van der Waals surface area (Å²) in [5.41, 5.74) is 0.985. The largest absolute Gasteiger partial charge is 0.463 e. The highest BCUT2D eigenvalue weighted by Crippen LogP contribution is 2.36. The monoisotopic (exact) mass is 324 g/mol. The third-order valence-corrected chi connectivity index (χ3v) is 4.06. The summed E-state index contributed by atoms with van der Waals surface area (Å²) in [6.07, 6.45) is 5.80. The van der Waals surface area contributed by atoms with Crippen molar-refractivity contribution in [3.8, 4) is 0 Å². The van der Waals surface area contributed by atoms with E-state index in [0.717, 1.165) is 25.7 Å². The molecule has 4 nitrogen and oxygen atoms in total. The first-order valence-electron chi connectivity index (χ1n) is 8.87. The zero-order chi connectivity index (χ0) is 17.5. The minimum atomic E-state index is -0.365. The number of hydrogen-bond donors (Lipinski definition) is 0. The van der Waals surface area contributed by atoms with Gasteiger partial charge in [-0.1, -0.05) is 40.0 Å². The van der Waals surface area contributed by atoms with Crippen molar-refractivity contribution < 1.29 is 19.1 Å². The molecule has 23 heavy (non-hydrogen) atoms. The third kappa shape index (κ3) is 6.36. The zero-order valence-corrected chi connectivity index (χ0v) is 15.4. The maximum Gasteiger partial charge on any atom is 0.334 e. The molecule has 1 rings (SSSR count). The first kappa shape index (κ1) is 19.7. The van der Waals surface area contributed by atoms with Gasteiger partial charge in [0.25, 0.3) is 0 Å². The average Bonchev–Trinajstić information content (AvgIpc) is 2.47. The van der Waals surface area contributed by atoms with Crippen LogP contribution in [-0.4, -0.2) is 25.2 Å². The van der Waals surface area contributed by atoms with Crippen LogP contribution in [0.5, 0.6) is 0 Å². The van der Waals surface area contributed by atoms with E-state index in [2.05, 4.69) is 20.8 Å². The van der Waals surface area contributed by atoms with Gasteiger partial charge in [-0.05, 0) is 44.4 Å². The average molecular weight is 324 g/mol. The van der Waals surface area contributed by atoms with Crippen molar-refractivity contribution >= 4 is 11.9 Å². The SMILES string of the molecule is CCOC(=O)C(CC(C)(C)C)=C(C(=O)OCC)C1CCCCC1. The molecule has 0 heterocycles. The van der Waals surface area contributed by atoms with Crippen molar-refractivity contribution in [1.29, 1.82) is 0 Å². The van der Waals surface area contributed by atoms with E-state index in [1.807, 2.05) is 0 Å². The van der Waals surface area contributed by atoms with E-state index < -0.39 is 0 Å². The molecule has 4 heteroatoms. The molecule has 0 aromatic heterocycles. The van der Waals surface area contributed by atoms with E-state index >= 15 is 0 Å². The molecule has 0 aromatic rings. The third-order valence-electron chi connectivity index (χ3n) is 4.06. The van der Waals surface area contributed by atoms with Crippen molar-refractivity contribution in [2.24, 2.45) is 11.3 Å². The van der Waals surface area contributed by atoms with E-state index in [4.69, 9.17) is 9.47 Å². The molecule has 0 amide bonds. The lowest BCUT2D eigenvalue weighted by molar-refractivity contribution is -0.142. The van der Waals surface area contributed by atoms with Gasteiger partial charge in [0.1, 0.15) is 0 Å². The van der Waals surface area contributed by atoms with Gasteiger partial charge in [-0.15, -0.1) is 0 Å². The molecule has 0 unspecified atom stereocenters. The second-order valence-corrected chi connectivity index (χ2v) is 7.41. The molecule has 0 radical (unpaired) electrons. The second kappa shape index (κ2) is 9.09. The van der Waals surface area contributed by atoms with Gasteiger partial charge in [0.05, 0.1) is 18.8 Å². The number of hydrogen-bond acceptors (Lipinski definition) is 4. The molecule has 0 N–H and O–H groups in total.